The van der Waals surface area contributed by atoms with E-state index in [1.807, 2.05) is 0 Å². The number of rotatable bonds is 5. The van der Waals surface area contributed by atoms with Crippen molar-refractivity contribution in [2.24, 2.45) is 5.11 Å². The first-order valence-electron chi connectivity index (χ1n) is 4.87. The molecule has 0 aliphatic rings. The van der Waals surface area contributed by atoms with Gasteiger partial charge in [-0.15, -0.1) is 0 Å². The fraction of sp³-hybridized carbons (Fsp3) is 0.200. The number of benzene rings is 1. The number of azide groups is 1. The predicted octanol–water partition coefficient (Wildman–Crippen LogP) is 4.62. The first-order chi connectivity index (χ1) is 8.56. The maximum absolute atomic E-state index is 10.8. The molecule has 0 spiro atoms. The van der Waals surface area contributed by atoms with Crippen LogP contribution in [0.1, 0.15) is 12.0 Å². The van der Waals surface area contributed by atoms with Crippen LogP contribution in [0.4, 0.5) is 5.69 Å². The zero-order valence-corrected chi connectivity index (χ0v) is 10.6. The molecule has 1 rings (SSSR count). The van der Waals surface area contributed by atoms with Gasteiger partial charge in [-0.05, 0) is 18.0 Å². The van der Waals surface area contributed by atoms with Gasteiger partial charge in [0.15, 0.2) is 0 Å². The number of halogens is 2. The van der Waals surface area contributed by atoms with E-state index in [-0.39, 0.29) is 15.7 Å². The summed E-state index contributed by atoms with van der Waals surface area (Å²) in [7, 11) is 0. The second kappa shape index (κ2) is 6.86. The van der Waals surface area contributed by atoms with E-state index in [2.05, 4.69) is 10.0 Å². The Morgan fingerprint density at radius 1 is 1.44 bits per heavy atom. The van der Waals surface area contributed by atoms with Gasteiger partial charge in [0.25, 0.3) is 5.69 Å². The summed E-state index contributed by atoms with van der Waals surface area (Å²) in [6.07, 6.45) is 3.70. The number of nitro groups is 1. The molecule has 0 fully saturated rings. The van der Waals surface area contributed by atoms with Crippen LogP contribution in [-0.2, 0) is 0 Å². The zero-order chi connectivity index (χ0) is 13.5. The van der Waals surface area contributed by atoms with Crippen molar-refractivity contribution in [3.63, 3.8) is 0 Å². The molecule has 0 N–H and O–H groups in total. The molecule has 0 aliphatic carbocycles. The number of hydrogen-bond acceptors (Lipinski definition) is 3. The van der Waals surface area contributed by atoms with Gasteiger partial charge in [-0.1, -0.05) is 40.5 Å². The van der Waals surface area contributed by atoms with Crippen LogP contribution in [0, 0.1) is 10.1 Å². The molecule has 0 atom stereocenters. The summed E-state index contributed by atoms with van der Waals surface area (Å²) in [5.74, 6) is 0. The van der Waals surface area contributed by atoms with Crippen LogP contribution >= 0.6 is 23.2 Å². The van der Waals surface area contributed by atoms with Crippen molar-refractivity contribution in [2.75, 3.05) is 6.54 Å². The van der Waals surface area contributed by atoms with E-state index in [0.29, 0.717) is 18.5 Å². The standard InChI is InChI=1S/C10H8Cl2N4O2/c11-8-5-7(3-1-2-4-14-15-13)10(16(17)18)6-9(8)12/h1,3,5-6H,2,4H2. The van der Waals surface area contributed by atoms with Crippen LogP contribution in [0.15, 0.2) is 23.3 Å². The lowest BCUT2D eigenvalue weighted by Crippen LogP contribution is -1.92. The van der Waals surface area contributed by atoms with Crippen LogP contribution in [0.25, 0.3) is 16.5 Å². The molecule has 0 radical (unpaired) electrons. The largest absolute Gasteiger partial charge is 0.278 e. The van der Waals surface area contributed by atoms with Crippen molar-refractivity contribution in [1.82, 2.24) is 0 Å². The molecule has 6 nitrogen and oxygen atoms in total. The normalized spacial score (nSPS) is 10.3. The van der Waals surface area contributed by atoms with Crippen molar-refractivity contribution in [2.45, 2.75) is 6.42 Å². The molecule has 18 heavy (non-hydrogen) atoms. The molecule has 1 aromatic rings. The lowest BCUT2D eigenvalue weighted by atomic mass is 10.1. The van der Waals surface area contributed by atoms with Gasteiger partial charge in [0, 0.05) is 17.5 Å². The fourth-order valence-electron chi connectivity index (χ4n) is 1.23. The second-order valence-electron chi connectivity index (χ2n) is 3.23. The minimum absolute atomic E-state index is 0.121. The second-order valence-corrected chi connectivity index (χ2v) is 4.04. The van der Waals surface area contributed by atoms with Crippen LogP contribution < -0.4 is 0 Å². The zero-order valence-electron chi connectivity index (χ0n) is 9.08. The van der Waals surface area contributed by atoms with Gasteiger partial charge < -0.3 is 0 Å². The Morgan fingerprint density at radius 2 is 2.11 bits per heavy atom. The minimum atomic E-state index is -0.532. The Kier molecular flexibility index (Phi) is 5.45. The summed E-state index contributed by atoms with van der Waals surface area (Å²) in [6.45, 7) is 0.294. The Balaban J connectivity index is 2.96. The van der Waals surface area contributed by atoms with E-state index in [0.717, 1.165) is 0 Å². The summed E-state index contributed by atoms with van der Waals surface area (Å²) in [4.78, 5) is 12.9. The Hall–Kier alpha value is -1.75. The lowest BCUT2D eigenvalue weighted by Gasteiger charge is -2.00. The van der Waals surface area contributed by atoms with Crippen LogP contribution in [0.3, 0.4) is 0 Å². The molecule has 94 valence electrons. The third-order valence-corrected chi connectivity index (χ3v) is 2.74. The molecule has 0 heterocycles. The highest BCUT2D eigenvalue weighted by atomic mass is 35.5. The Morgan fingerprint density at radius 3 is 2.72 bits per heavy atom. The van der Waals surface area contributed by atoms with Crippen molar-refractivity contribution in [3.05, 3.63) is 54.4 Å². The van der Waals surface area contributed by atoms with Gasteiger partial charge in [-0.25, -0.2) is 0 Å². The molecule has 8 heteroatoms. The van der Waals surface area contributed by atoms with E-state index in [9.17, 15) is 10.1 Å². The summed E-state index contributed by atoms with van der Waals surface area (Å²) >= 11 is 11.5. The summed E-state index contributed by atoms with van der Waals surface area (Å²) in [6, 6.07) is 2.63. The minimum Gasteiger partial charge on any atom is -0.258 e. The number of nitro benzene ring substituents is 1. The molecule has 0 aromatic heterocycles. The molecule has 0 unspecified atom stereocenters. The summed E-state index contributed by atoms with van der Waals surface area (Å²) < 4.78 is 0. The lowest BCUT2D eigenvalue weighted by molar-refractivity contribution is -0.385. The average Bonchev–Trinajstić information content (AvgIpc) is 2.32. The van der Waals surface area contributed by atoms with Crippen molar-refractivity contribution < 1.29 is 4.92 Å². The highest BCUT2D eigenvalue weighted by Crippen LogP contribution is 2.31. The van der Waals surface area contributed by atoms with E-state index in [1.165, 1.54) is 12.1 Å². The van der Waals surface area contributed by atoms with Gasteiger partial charge in [0.1, 0.15) is 0 Å². The maximum atomic E-state index is 10.8. The molecule has 0 saturated carbocycles. The first-order valence-corrected chi connectivity index (χ1v) is 5.62. The first kappa shape index (κ1) is 14.3. The van der Waals surface area contributed by atoms with Crippen molar-refractivity contribution in [3.8, 4) is 0 Å². The molecule has 0 aliphatic heterocycles. The van der Waals surface area contributed by atoms with Gasteiger partial charge in [-0.3, -0.25) is 10.1 Å². The maximum Gasteiger partial charge on any atom is 0.278 e. The van der Waals surface area contributed by atoms with Crippen LogP contribution in [0.2, 0.25) is 10.0 Å². The van der Waals surface area contributed by atoms with Crippen LogP contribution in [0.5, 0.6) is 0 Å². The number of nitrogens with zero attached hydrogens (tertiary/aromatic N) is 4. The third kappa shape index (κ3) is 3.92. The van der Waals surface area contributed by atoms with Gasteiger partial charge in [0.05, 0.1) is 20.5 Å². The highest BCUT2D eigenvalue weighted by Gasteiger charge is 2.14. The predicted molar refractivity (Wildman–Crippen MR) is 70.8 cm³/mol. The summed E-state index contributed by atoms with van der Waals surface area (Å²) in [5.41, 5.74) is 8.32. The molecule has 1 aromatic carbocycles. The molecular weight excluding hydrogens is 279 g/mol. The molecular formula is C10H8Cl2N4O2. The van der Waals surface area contributed by atoms with Gasteiger partial charge in [0.2, 0.25) is 0 Å². The quantitative estimate of drug-likeness (QED) is 0.197. The van der Waals surface area contributed by atoms with Crippen molar-refractivity contribution >= 4 is 35.0 Å². The van der Waals surface area contributed by atoms with Crippen molar-refractivity contribution in [1.29, 1.82) is 0 Å². The summed E-state index contributed by atoms with van der Waals surface area (Å²) in [5, 5.41) is 14.5. The topological polar surface area (TPSA) is 91.9 Å². The van der Waals surface area contributed by atoms with E-state index < -0.39 is 4.92 Å². The van der Waals surface area contributed by atoms with E-state index in [1.54, 1.807) is 12.2 Å². The Labute approximate surface area is 113 Å². The van der Waals surface area contributed by atoms with E-state index >= 15 is 0 Å². The SMILES string of the molecule is [N-]=[N+]=NCCC=Cc1cc(Cl)c(Cl)cc1[N+](=O)[O-]. The molecule has 0 amide bonds. The van der Waals surface area contributed by atoms with Gasteiger partial charge in [-0.2, -0.15) is 0 Å². The number of hydrogen-bond donors (Lipinski definition) is 0. The van der Waals surface area contributed by atoms with Crippen LogP contribution in [-0.4, -0.2) is 11.5 Å². The smallest absolute Gasteiger partial charge is 0.258 e. The Bertz CT molecular complexity index is 539. The molecule has 0 bridgehead atoms. The van der Waals surface area contributed by atoms with E-state index in [4.69, 9.17) is 28.7 Å². The molecule has 0 saturated heterocycles. The highest BCUT2D eigenvalue weighted by molar-refractivity contribution is 6.42. The monoisotopic (exact) mass is 286 g/mol. The third-order valence-electron chi connectivity index (χ3n) is 2.02. The fourth-order valence-corrected chi connectivity index (χ4v) is 1.56. The average molecular weight is 287 g/mol. The van der Waals surface area contributed by atoms with Gasteiger partial charge >= 0.3 is 0 Å².